The van der Waals surface area contributed by atoms with Crippen molar-refractivity contribution in [2.75, 3.05) is 5.32 Å². The van der Waals surface area contributed by atoms with Gasteiger partial charge in [-0.3, -0.25) is 0 Å². The van der Waals surface area contributed by atoms with Crippen LogP contribution in [0.1, 0.15) is 37.3 Å². The molecule has 0 amide bonds. The second-order valence-electron chi connectivity index (χ2n) is 5.57. The van der Waals surface area contributed by atoms with Crippen LogP contribution in [0.15, 0.2) is 37.1 Å². The van der Waals surface area contributed by atoms with Crippen molar-refractivity contribution in [3.63, 3.8) is 0 Å². The predicted octanol–water partition coefficient (Wildman–Crippen LogP) is 4.08. The average Bonchev–Trinajstić information content (AvgIpc) is 2.33. The van der Waals surface area contributed by atoms with Gasteiger partial charge in [-0.2, -0.15) is 0 Å². The summed E-state index contributed by atoms with van der Waals surface area (Å²) in [6.07, 6.45) is 3.17. The lowest BCUT2D eigenvalue weighted by molar-refractivity contribution is 0.326. The SMILES string of the molecule is C=C(CC)c1ccc(C)c(NC2CC(C(=C)N)C2)c1. The van der Waals surface area contributed by atoms with Crippen molar-refractivity contribution in [1.29, 1.82) is 0 Å². The van der Waals surface area contributed by atoms with Gasteiger partial charge in [-0.15, -0.1) is 0 Å². The fourth-order valence-electron chi connectivity index (χ4n) is 2.46. The third-order valence-corrected chi connectivity index (χ3v) is 4.09. The smallest absolute Gasteiger partial charge is 0.0378 e. The molecule has 0 saturated heterocycles. The van der Waals surface area contributed by atoms with Crippen molar-refractivity contribution in [3.8, 4) is 0 Å². The van der Waals surface area contributed by atoms with E-state index in [2.05, 4.69) is 50.5 Å². The summed E-state index contributed by atoms with van der Waals surface area (Å²) in [6, 6.07) is 7.05. The molecule has 3 N–H and O–H groups in total. The minimum absolute atomic E-state index is 0.492. The number of nitrogens with one attached hydrogen (secondary N) is 1. The zero-order valence-corrected chi connectivity index (χ0v) is 12.0. The molecule has 0 bridgehead atoms. The first-order valence-corrected chi connectivity index (χ1v) is 7.00. The summed E-state index contributed by atoms with van der Waals surface area (Å²) in [7, 11) is 0. The van der Waals surface area contributed by atoms with Crippen LogP contribution in [0.3, 0.4) is 0 Å². The summed E-state index contributed by atoms with van der Waals surface area (Å²) >= 11 is 0. The Bertz CT molecular complexity index is 496. The Hall–Kier alpha value is -1.70. The first-order chi connectivity index (χ1) is 9.01. The van der Waals surface area contributed by atoms with Gasteiger partial charge in [-0.25, -0.2) is 0 Å². The number of nitrogens with two attached hydrogens (primary N) is 1. The van der Waals surface area contributed by atoms with E-state index in [1.165, 1.54) is 22.4 Å². The molecule has 102 valence electrons. The molecule has 0 atom stereocenters. The van der Waals surface area contributed by atoms with Gasteiger partial charge in [0.25, 0.3) is 0 Å². The molecule has 0 spiro atoms. The molecule has 0 aromatic heterocycles. The monoisotopic (exact) mass is 256 g/mol. The minimum Gasteiger partial charge on any atom is -0.402 e. The summed E-state index contributed by atoms with van der Waals surface area (Å²) in [5.41, 5.74) is 11.5. The second-order valence-corrected chi connectivity index (χ2v) is 5.57. The van der Waals surface area contributed by atoms with Gasteiger partial charge in [0.05, 0.1) is 0 Å². The summed E-state index contributed by atoms with van der Waals surface area (Å²) < 4.78 is 0. The molecule has 1 aromatic rings. The third-order valence-electron chi connectivity index (χ3n) is 4.09. The van der Waals surface area contributed by atoms with Crippen LogP contribution in [0.2, 0.25) is 0 Å². The fourth-order valence-corrected chi connectivity index (χ4v) is 2.46. The maximum absolute atomic E-state index is 5.73. The van der Waals surface area contributed by atoms with Crippen LogP contribution < -0.4 is 11.1 Å². The van der Waals surface area contributed by atoms with Crippen molar-refractivity contribution in [2.45, 2.75) is 39.2 Å². The van der Waals surface area contributed by atoms with Crippen LogP contribution in [-0.2, 0) is 0 Å². The van der Waals surface area contributed by atoms with Gasteiger partial charge in [-0.1, -0.05) is 32.2 Å². The standard InChI is InChI=1S/C17H24N2/c1-5-11(2)14-7-6-12(3)17(10-14)19-16-8-15(9-16)13(4)18/h6-7,10,15-16,19H,2,4-5,8-9,18H2,1,3H3. The summed E-state index contributed by atoms with van der Waals surface area (Å²) in [5.74, 6) is 0.492. The van der Waals surface area contributed by atoms with Crippen LogP contribution in [-0.4, -0.2) is 6.04 Å². The highest BCUT2D eigenvalue weighted by atomic mass is 14.9. The lowest BCUT2D eigenvalue weighted by Gasteiger charge is -2.37. The normalized spacial score (nSPS) is 21.6. The predicted molar refractivity (Wildman–Crippen MR) is 84.0 cm³/mol. The van der Waals surface area contributed by atoms with Gasteiger partial charge in [0, 0.05) is 23.3 Å². The molecule has 2 nitrogen and oxygen atoms in total. The number of allylic oxidation sites excluding steroid dienone is 2. The molecule has 19 heavy (non-hydrogen) atoms. The van der Waals surface area contributed by atoms with E-state index >= 15 is 0 Å². The molecule has 1 saturated carbocycles. The highest BCUT2D eigenvalue weighted by Gasteiger charge is 2.30. The van der Waals surface area contributed by atoms with Gasteiger partial charge >= 0.3 is 0 Å². The Kier molecular flexibility index (Phi) is 3.98. The maximum atomic E-state index is 5.73. The topological polar surface area (TPSA) is 38.0 Å². The lowest BCUT2D eigenvalue weighted by Crippen LogP contribution is -2.37. The van der Waals surface area contributed by atoms with Crippen molar-refractivity contribution in [2.24, 2.45) is 11.7 Å². The van der Waals surface area contributed by atoms with Crippen molar-refractivity contribution in [1.82, 2.24) is 0 Å². The Morgan fingerprint density at radius 3 is 2.63 bits per heavy atom. The molecule has 1 aliphatic carbocycles. The summed E-state index contributed by atoms with van der Waals surface area (Å²) in [6.45, 7) is 12.2. The van der Waals surface area contributed by atoms with E-state index < -0.39 is 0 Å². The molecular formula is C17H24N2. The number of rotatable bonds is 5. The first-order valence-electron chi connectivity index (χ1n) is 7.00. The van der Waals surface area contributed by atoms with E-state index in [1.807, 2.05) is 0 Å². The number of benzene rings is 1. The number of hydrogen-bond donors (Lipinski definition) is 2. The first kappa shape index (κ1) is 13.7. The second kappa shape index (κ2) is 5.52. The molecule has 0 radical (unpaired) electrons. The van der Waals surface area contributed by atoms with Gasteiger partial charge in [-0.05, 0) is 49.0 Å². The number of hydrogen-bond acceptors (Lipinski definition) is 2. The molecule has 1 aliphatic rings. The Balaban J connectivity index is 2.04. The minimum atomic E-state index is 0.492. The average molecular weight is 256 g/mol. The van der Waals surface area contributed by atoms with Crippen molar-refractivity contribution in [3.05, 3.63) is 48.2 Å². The quantitative estimate of drug-likeness (QED) is 0.833. The van der Waals surface area contributed by atoms with E-state index in [1.54, 1.807) is 0 Å². The third kappa shape index (κ3) is 3.01. The molecule has 0 unspecified atom stereocenters. The number of anilines is 1. The van der Waals surface area contributed by atoms with Crippen LogP contribution in [0.5, 0.6) is 0 Å². The van der Waals surface area contributed by atoms with E-state index in [4.69, 9.17) is 5.73 Å². The molecular weight excluding hydrogens is 232 g/mol. The van der Waals surface area contributed by atoms with Crippen LogP contribution in [0.25, 0.3) is 5.57 Å². The maximum Gasteiger partial charge on any atom is 0.0378 e. The molecule has 0 heterocycles. The zero-order chi connectivity index (χ0) is 14.0. The van der Waals surface area contributed by atoms with E-state index in [9.17, 15) is 0 Å². The molecule has 0 aliphatic heterocycles. The van der Waals surface area contributed by atoms with Gasteiger partial charge in [0.2, 0.25) is 0 Å². The molecule has 2 heteroatoms. The Labute approximate surface area is 116 Å². The van der Waals surface area contributed by atoms with Crippen LogP contribution in [0, 0.1) is 12.8 Å². The Morgan fingerprint density at radius 1 is 1.37 bits per heavy atom. The molecule has 1 aromatic carbocycles. The van der Waals surface area contributed by atoms with Crippen LogP contribution >= 0.6 is 0 Å². The largest absolute Gasteiger partial charge is 0.402 e. The van der Waals surface area contributed by atoms with E-state index in [0.717, 1.165) is 25.0 Å². The highest BCUT2D eigenvalue weighted by Crippen LogP contribution is 2.34. The van der Waals surface area contributed by atoms with Crippen molar-refractivity contribution >= 4 is 11.3 Å². The molecule has 1 fully saturated rings. The van der Waals surface area contributed by atoms with Gasteiger partial charge in [0.1, 0.15) is 0 Å². The molecule has 2 rings (SSSR count). The highest BCUT2D eigenvalue weighted by molar-refractivity contribution is 5.68. The Morgan fingerprint density at radius 2 is 2.05 bits per heavy atom. The fraction of sp³-hybridized carbons (Fsp3) is 0.412. The van der Waals surface area contributed by atoms with E-state index in [-0.39, 0.29) is 0 Å². The summed E-state index contributed by atoms with van der Waals surface area (Å²) in [4.78, 5) is 0. The number of aryl methyl sites for hydroxylation is 1. The zero-order valence-electron chi connectivity index (χ0n) is 12.0. The van der Waals surface area contributed by atoms with Gasteiger partial charge in [0.15, 0.2) is 0 Å². The van der Waals surface area contributed by atoms with E-state index in [0.29, 0.717) is 12.0 Å². The van der Waals surface area contributed by atoms with Gasteiger partial charge < -0.3 is 11.1 Å². The summed E-state index contributed by atoms with van der Waals surface area (Å²) in [5, 5.41) is 3.61. The lowest BCUT2D eigenvalue weighted by atomic mass is 9.78. The van der Waals surface area contributed by atoms with Crippen molar-refractivity contribution < 1.29 is 0 Å². The van der Waals surface area contributed by atoms with Crippen LogP contribution in [0.4, 0.5) is 5.69 Å².